The van der Waals surface area contributed by atoms with Gasteiger partial charge in [0.15, 0.2) is 0 Å². The highest BCUT2D eigenvalue weighted by Crippen LogP contribution is 2.14. The first-order valence-corrected chi connectivity index (χ1v) is 3.86. The van der Waals surface area contributed by atoms with E-state index < -0.39 is 8.03 Å². The van der Waals surface area contributed by atoms with Crippen molar-refractivity contribution in [3.63, 3.8) is 0 Å². The Morgan fingerprint density at radius 1 is 1.20 bits per heavy atom. The molecule has 4 heteroatoms. The van der Waals surface area contributed by atoms with Crippen molar-refractivity contribution in [2.45, 2.75) is 0 Å². The van der Waals surface area contributed by atoms with Gasteiger partial charge >= 0.3 is 8.03 Å². The van der Waals surface area contributed by atoms with Crippen LogP contribution in [0.25, 0.3) is 0 Å². The summed E-state index contributed by atoms with van der Waals surface area (Å²) in [4.78, 5) is 8.54. The maximum absolute atomic E-state index is 10.4. The van der Waals surface area contributed by atoms with Crippen molar-refractivity contribution in [2.75, 3.05) is 0 Å². The minimum Gasteiger partial charge on any atom is -0.508 e. The van der Waals surface area contributed by atoms with Crippen LogP contribution in [0.15, 0.2) is 24.3 Å². The van der Waals surface area contributed by atoms with Gasteiger partial charge in [-0.2, -0.15) is 4.89 Å². The summed E-state index contributed by atoms with van der Waals surface area (Å²) >= 11 is 0. The van der Waals surface area contributed by atoms with E-state index in [1.807, 2.05) is 0 Å². The predicted octanol–water partition coefficient (Wildman–Crippen LogP) is 0.752. The second-order valence-corrected chi connectivity index (χ2v) is 2.85. The van der Waals surface area contributed by atoms with Crippen LogP contribution in [0.4, 0.5) is 0 Å². The van der Waals surface area contributed by atoms with E-state index in [1.165, 1.54) is 24.3 Å². The third-order valence-corrected chi connectivity index (χ3v) is 1.81. The smallest absolute Gasteiger partial charge is 0.508 e. The van der Waals surface area contributed by atoms with E-state index in [4.69, 9.17) is 10.00 Å². The Bertz CT molecular complexity index is 242. The number of hydrogen-bond donors (Lipinski definition) is 2. The summed E-state index contributed by atoms with van der Waals surface area (Å²) in [5, 5.41) is 9.09. The minimum atomic E-state index is -2.27. The van der Waals surface area contributed by atoms with E-state index in [9.17, 15) is 4.57 Å². The summed E-state index contributed by atoms with van der Waals surface area (Å²) in [6, 6.07) is 5.57. The molecule has 0 bridgehead atoms. The Hall–Kier alpha value is -0.920. The largest absolute Gasteiger partial charge is 0.546 e. The zero-order chi connectivity index (χ0) is 7.56. The van der Waals surface area contributed by atoms with Crippen LogP contribution >= 0.6 is 8.03 Å². The van der Waals surface area contributed by atoms with Gasteiger partial charge < -0.3 is 5.11 Å². The van der Waals surface area contributed by atoms with Crippen LogP contribution < -0.4 is 5.30 Å². The van der Waals surface area contributed by atoms with Gasteiger partial charge in [-0.1, -0.05) is 0 Å². The summed E-state index contributed by atoms with van der Waals surface area (Å²) in [6.45, 7) is 0. The summed E-state index contributed by atoms with van der Waals surface area (Å²) in [6.07, 6.45) is 0. The van der Waals surface area contributed by atoms with Gasteiger partial charge in [0.25, 0.3) is 0 Å². The quantitative estimate of drug-likeness (QED) is 0.591. The Kier molecular flexibility index (Phi) is 2.00. The molecule has 2 N–H and O–H groups in total. The van der Waals surface area contributed by atoms with Crippen molar-refractivity contribution in [3.8, 4) is 5.75 Å². The average Bonchev–Trinajstić information content (AvgIpc) is 1.88. The Morgan fingerprint density at radius 3 is 2.10 bits per heavy atom. The van der Waals surface area contributed by atoms with Crippen molar-refractivity contribution >= 4 is 13.3 Å². The first kappa shape index (κ1) is 7.19. The highest BCUT2D eigenvalue weighted by molar-refractivity contribution is 7.47. The molecule has 0 aliphatic rings. The standard InChI is InChI=1S/C6H5O3P/c7-5-1-3-6(4-2-5)10(8)9/h1-4H,(H-,7,8,9)/p+1. The van der Waals surface area contributed by atoms with E-state index in [-0.39, 0.29) is 5.75 Å². The molecule has 10 heavy (non-hydrogen) atoms. The molecule has 0 saturated heterocycles. The number of hydrogen-bond acceptors (Lipinski definition) is 2. The first-order chi connectivity index (χ1) is 4.70. The molecule has 1 aromatic rings. The highest BCUT2D eigenvalue weighted by Gasteiger charge is 2.14. The molecule has 52 valence electrons. The maximum atomic E-state index is 10.4. The molecule has 0 radical (unpaired) electrons. The van der Waals surface area contributed by atoms with Gasteiger partial charge in [-0.25, -0.2) is 0 Å². The lowest BCUT2D eigenvalue weighted by Crippen LogP contribution is -1.92. The number of phenolic OH excluding ortho intramolecular Hbond substituents is 1. The summed E-state index contributed by atoms with van der Waals surface area (Å²) in [5.41, 5.74) is 0. The number of rotatable bonds is 1. The lowest BCUT2D eigenvalue weighted by Gasteiger charge is -1.85. The molecule has 1 rings (SSSR count). The molecule has 0 aromatic heterocycles. The van der Waals surface area contributed by atoms with Gasteiger partial charge in [0.1, 0.15) is 5.75 Å². The van der Waals surface area contributed by atoms with E-state index in [1.54, 1.807) is 0 Å². The van der Waals surface area contributed by atoms with E-state index in [0.717, 1.165) is 0 Å². The third kappa shape index (κ3) is 1.53. The van der Waals surface area contributed by atoms with E-state index in [2.05, 4.69) is 0 Å². The molecule has 3 nitrogen and oxygen atoms in total. The molecule has 0 heterocycles. The SMILES string of the molecule is O=[P+](O)c1ccc(O)cc1. The minimum absolute atomic E-state index is 0.0978. The van der Waals surface area contributed by atoms with Gasteiger partial charge in [-0.05, 0) is 28.8 Å². The number of aromatic hydroxyl groups is 1. The van der Waals surface area contributed by atoms with Crippen LogP contribution in [0.1, 0.15) is 0 Å². The predicted molar refractivity (Wildman–Crippen MR) is 37.6 cm³/mol. The van der Waals surface area contributed by atoms with Gasteiger partial charge in [-0.15, -0.1) is 0 Å². The molecule has 0 spiro atoms. The molecule has 0 aliphatic carbocycles. The summed E-state index contributed by atoms with van der Waals surface area (Å²) in [5.74, 6) is 0.0978. The second kappa shape index (κ2) is 2.78. The van der Waals surface area contributed by atoms with Crippen LogP contribution in [0.3, 0.4) is 0 Å². The Morgan fingerprint density at radius 2 is 1.70 bits per heavy atom. The zero-order valence-corrected chi connectivity index (χ0v) is 5.95. The topological polar surface area (TPSA) is 57.5 Å². The normalized spacial score (nSPS) is 11.1. The van der Waals surface area contributed by atoms with E-state index in [0.29, 0.717) is 5.30 Å². The number of benzene rings is 1. The van der Waals surface area contributed by atoms with Gasteiger partial charge in [0.05, 0.1) is 0 Å². The summed E-state index contributed by atoms with van der Waals surface area (Å²) in [7, 11) is -2.27. The molecule has 0 amide bonds. The molecule has 0 aliphatic heterocycles. The zero-order valence-electron chi connectivity index (χ0n) is 5.06. The van der Waals surface area contributed by atoms with Crippen LogP contribution in [0, 0.1) is 0 Å². The summed E-state index contributed by atoms with van der Waals surface area (Å²) < 4.78 is 10.4. The second-order valence-electron chi connectivity index (χ2n) is 1.79. The first-order valence-electron chi connectivity index (χ1n) is 2.65. The molecule has 1 aromatic carbocycles. The lowest BCUT2D eigenvalue weighted by molar-refractivity contribution is 0.475. The third-order valence-electron chi connectivity index (χ3n) is 1.07. The molecule has 1 unspecified atom stereocenters. The number of phenols is 1. The van der Waals surface area contributed by atoms with Gasteiger partial charge in [0, 0.05) is 0 Å². The fourth-order valence-corrected chi connectivity index (χ4v) is 0.984. The molecular weight excluding hydrogens is 151 g/mol. The van der Waals surface area contributed by atoms with Crippen LogP contribution in [0.5, 0.6) is 5.75 Å². The molecule has 0 saturated carbocycles. The molecular formula is C6H6O3P+. The monoisotopic (exact) mass is 157 g/mol. The Labute approximate surface area is 58.8 Å². The van der Waals surface area contributed by atoms with Crippen LogP contribution in [-0.4, -0.2) is 10.00 Å². The van der Waals surface area contributed by atoms with Crippen molar-refractivity contribution in [1.82, 2.24) is 0 Å². The lowest BCUT2D eigenvalue weighted by atomic mass is 10.3. The average molecular weight is 157 g/mol. The van der Waals surface area contributed by atoms with Crippen molar-refractivity contribution < 1.29 is 14.6 Å². The highest BCUT2D eigenvalue weighted by atomic mass is 31.1. The van der Waals surface area contributed by atoms with Crippen molar-refractivity contribution in [1.29, 1.82) is 0 Å². The fourth-order valence-electron chi connectivity index (χ4n) is 0.580. The van der Waals surface area contributed by atoms with Gasteiger partial charge in [-0.3, -0.25) is 0 Å². The molecule has 1 atom stereocenters. The van der Waals surface area contributed by atoms with Crippen molar-refractivity contribution in [3.05, 3.63) is 24.3 Å². The van der Waals surface area contributed by atoms with Crippen LogP contribution in [0.2, 0.25) is 0 Å². The van der Waals surface area contributed by atoms with Gasteiger partial charge in [0.2, 0.25) is 5.30 Å². The van der Waals surface area contributed by atoms with E-state index >= 15 is 0 Å². The van der Waals surface area contributed by atoms with Crippen molar-refractivity contribution in [2.24, 2.45) is 0 Å². The van der Waals surface area contributed by atoms with Crippen LogP contribution in [-0.2, 0) is 4.57 Å². The Balaban J connectivity index is 3.00. The fraction of sp³-hybridized carbons (Fsp3) is 0. The maximum Gasteiger partial charge on any atom is 0.546 e. The molecule has 0 fully saturated rings.